The number of benzene rings is 1. The Kier molecular flexibility index (Phi) is 4.89. The first kappa shape index (κ1) is 18.4. The molecule has 1 aliphatic rings. The molecule has 0 spiro atoms. The highest BCUT2D eigenvalue weighted by Gasteiger charge is 2.33. The van der Waals surface area contributed by atoms with Crippen LogP contribution in [0.1, 0.15) is 43.8 Å². The van der Waals surface area contributed by atoms with Crippen molar-refractivity contribution >= 4 is 28.6 Å². The second-order valence-corrected chi connectivity index (χ2v) is 8.54. The van der Waals surface area contributed by atoms with E-state index >= 15 is 0 Å². The van der Waals surface area contributed by atoms with E-state index in [1.807, 2.05) is 6.20 Å². The lowest BCUT2D eigenvalue weighted by atomic mass is 9.97. The summed E-state index contributed by atoms with van der Waals surface area (Å²) >= 11 is 1.80. The summed E-state index contributed by atoms with van der Waals surface area (Å²) in [5, 5.41) is 1.33. The third-order valence-corrected chi connectivity index (χ3v) is 6.41. The summed E-state index contributed by atoms with van der Waals surface area (Å²) in [4.78, 5) is 13.3. The number of hydrogen-bond acceptors (Lipinski definition) is 4. The van der Waals surface area contributed by atoms with Crippen LogP contribution in [0.2, 0.25) is 0 Å². The Balaban J connectivity index is 1.81. The number of rotatable bonds is 4. The van der Waals surface area contributed by atoms with Crippen molar-refractivity contribution in [2.45, 2.75) is 51.6 Å². The number of aromatic nitrogens is 3. The van der Waals surface area contributed by atoms with Gasteiger partial charge < -0.3 is 9.47 Å². The van der Waals surface area contributed by atoms with E-state index in [0.29, 0.717) is 5.92 Å². The van der Waals surface area contributed by atoms with Gasteiger partial charge in [-0.25, -0.2) is 9.97 Å². The summed E-state index contributed by atoms with van der Waals surface area (Å²) < 4.78 is 2.50. The van der Waals surface area contributed by atoms with Gasteiger partial charge >= 0.3 is 0 Å². The Morgan fingerprint density at radius 2 is 2.04 bits per heavy atom. The van der Waals surface area contributed by atoms with Crippen LogP contribution in [-0.2, 0) is 13.0 Å². The SMILES string of the molecule is CCc1cnc(N2CCn3c(cc4ccc(SC)cc43)C2C(C)C)nc1C. The maximum atomic E-state index is 4.86. The summed E-state index contributed by atoms with van der Waals surface area (Å²) in [6, 6.07) is 9.45. The van der Waals surface area contributed by atoms with Crippen molar-refractivity contribution in [3.63, 3.8) is 0 Å². The Morgan fingerprint density at radius 1 is 1.22 bits per heavy atom. The molecule has 4 rings (SSSR count). The van der Waals surface area contributed by atoms with E-state index in [4.69, 9.17) is 9.97 Å². The van der Waals surface area contributed by atoms with E-state index in [0.717, 1.165) is 31.2 Å². The summed E-state index contributed by atoms with van der Waals surface area (Å²) in [6.45, 7) is 10.8. The predicted molar refractivity (Wildman–Crippen MR) is 115 cm³/mol. The van der Waals surface area contributed by atoms with Gasteiger partial charge in [-0.3, -0.25) is 0 Å². The third kappa shape index (κ3) is 3.12. The molecule has 142 valence electrons. The van der Waals surface area contributed by atoms with Gasteiger partial charge in [0.1, 0.15) is 0 Å². The molecule has 3 heterocycles. The normalized spacial score (nSPS) is 17.0. The van der Waals surface area contributed by atoms with E-state index < -0.39 is 0 Å². The van der Waals surface area contributed by atoms with E-state index in [-0.39, 0.29) is 6.04 Å². The van der Waals surface area contributed by atoms with Gasteiger partial charge in [-0.05, 0) is 49.3 Å². The second kappa shape index (κ2) is 7.19. The molecule has 0 N–H and O–H groups in total. The molecular formula is C22H28N4S. The lowest BCUT2D eigenvalue weighted by Crippen LogP contribution is -2.41. The van der Waals surface area contributed by atoms with E-state index in [9.17, 15) is 0 Å². The van der Waals surface area contributed by atoms with Gasteiger partial charge in [-0.2, -0.15) is 0 Å². The van der Waals surface area contributed by atoms with E-state index in [2.05, 4.69) is 67.7 Å². The first-order valence-corrected chi connectivity index (χ1v) is 11.0. The van der Waals surface area contributed by atoms with Crippen LogP contribution < -0.4 is 4.90 Å². The number of fused-ring (bicyclic) bond motifs is 3. The number of thioether (sulfide) groups is 1. The molecule has 5 heteroatoms. The van der Waals surface area contributed by atoms with Crippen molar-refractivity contribution in [2.24, 2.45) is 5.92 Å². The number of nitrogens with zero attached hydrogens (tertiary/aromatic N) is 4. The fourth-order valence-corrected chi connectivity index (χ4v) is 4.71. The Hall–Kier alpha value is -2.01. The van der Waals surface area contributed by atoms with Gasteiger partial charge in [0.15, 0.2) is 0 Å². The van der Waals surface area contributed by atoms with Crippen LogP contribution in [0.15, 0.2) is 35.4 Å². The van der Waals surface area contributed by atoms with E-state index in [1.165, 1.54) is 27.1 Å². The van der Waals surface area contributed by atoms with Crippen LogP contribution in [0, 0.1) is 12.8 Å². The zero-order valence-electron chi connectivity index (χ0n) is 16.9. The average Bonchev–Trinajstić information content (AvgIpc) is 3.04. The van der Waals surface area contributed by atoms with Crippen LogP contribution in [0.4, 0.5) is 5.95 Å². The standard InChI is InChI=1S/C22H28N4S/c1-6-16-13-23-22(24-15(16)4)26-10-9-25-19-12-18(27-5)8-7-17(19)11-20(25)21(26)14(2)3/h7-8,11-14,21H,6,9-10H2,1-5H3. The van der Waals surface area contributed by atoms with E-state index in [1.54, 1.807) is 11.8 Å². The molecular weight excluding hydrogens is 352 g/mol. The minimum atomic E-state index is 0.288. The van der Waals surface area contributed by atoms with Crippen molar-refractivity contribution in [3.05, 3.63) is 47.4 Å². The van der Waals surface area contributed by atoms with Gasteiger partial charge in [-0.1, -0.05) is 26.8 Å². The topological polar surface area (TPSA) is 34.0 Å². The summed E-state index contributed by atoms with van der Waals surface area (Å²) in [6.07, 6.45) is 5.12. The van der Waals surface area contributed by atoms with Gasteiger partial charge in [0, 0.05) is 46.5 Å². The molecule has 0 fully saturated rings. The fraction of sp³-hybridized carbons (Fsp3) is 0.455. The third-order valence-electron chi connectivity index (χ3n) is 5.68. The average molecular weight is 381 g/mol. The first-order chi connectivity index (χ1) is 13.0. The molecule has 0 bridgehead atoms. The summed E-state index contributed by atoms with van der Waals surface area (Å²) in [5.74, 6) is 1.34. The number of hydrogen-bond donors (Lipinski definition) is 0. The van der Waals surface area contributed by atoms with Crippen molar-refractivity contribution in [2.75, 3.05) is 17.7 Å². The Morgan fingerprint density at radius 3 is 2.70 bits per heavy atom. The zero-order valence-corrected chi connectivity index (χ0v) is 17.7. The molecule has 3 aromatic rings. The molecule has 0 saturated heterocycles. The molecule has 2 aromatic heterocycles. The Labute approximate surface area is 166 Å². The molecule has 0 aliphatic carbocycles. The maximum absolute atomic E-state index is 4.86. The maximum Gasteiger partial charge on any atom is 0.226 e. The zero-order chi connectivity index (χ0) is 19.1. The first-order valence-electron chi connectivity index (χ1n) is 9.79. The quantitative estimate of drug-likeness (QED) is 0.580. The van der Waals surface area contributed by atoms with Gasteiger partial charge in [0.25, 0.3) is 0 Å². The minimum absolute atomic E-state index is 0.288. The predicted octanol–water partition coefficient (Wildman–Crippen LogP) is 5.24. The van der Waals surface area contributed by atoms with Crippen LogP contribution in [0.5, 0.6) is 0 Å². The van der Waals surface area contributed by atoms with Crippen molar-refractivity contribution in [1.82, 2.24) is 14.5 Å². The lowest BCUT2D eigenvalue weighted by Gasteiger charge is -2.39. The van der Waals surface area contributed by atoms with Crippen molar-refractivity contribution in [1.29, 1.82) is 0 Å². The van der Waals surface area contributed by atoms with Gasteiger partial charge in [0.05, 0.1) is 6.04 Å². The van der Waals surface area contributed by atoms with Crippen LogP contribution in [-0.4, -0.2) is 27.3 Å². The molecule has 4 nitrogen and oxygen atoms in total. The largest absolute Gasteiger partial charge is 0.341 e. The molecule has 1 aromatic carbocycles. The van der Waals surface area contributed by atoms with Gasteiger partial charge in [0.2, 0.25) is 5.95 Å². The highest BCUT2D eigenvalue weighted by atomic mass is 32.2. The second-order valence-electron chi connectivity index (χ2n) is 7.66. The lowest BCUT2D eigenvalue weighted by molar-refractivity contribution is 0.397. The highest BCUT2D eigenvalue weighted by Crippen LogP contribution is 2.38. The molecule has 0 amide bonds. The Bertz CT molecular complexity index is 976. The van der Waals surface area contributed by atoms with Crippen LogP contribution in [0.25, 0.3) is 10.9 Å². The number of anilines is 1. The molecule has 1 atom stereocenters. The molecule has 0 radical (unpaired) electrons. The van der Waals surface area contributed by atoms with Crippen molar-refractivity contribution in [3.8, 4) is 0 Å². The summed E-state index contributed by atoms with van der Waals surface area (Å²) in [7, 11) is 0. The van der Waals surface area contributed by atoms with Crippen molar-refractivity contribution < 1.29 is 0 Å². The molecule has 0 saturated carbocycles. The van der Waals surface area contributed by atoms with Crippen LogP contribution in [0.3, 0.4) is 0 Å². The minimum Gasteiger partial charge on any atom is -0.341 e. The monoisotopic (exact) mass is 380 g/mol. The smallest absolute Gasteiger partial charge is 0.226 e. The summed E-state index contributed by atoms with van der Waals surface area (Å²) in [5.41, 5.74) is 5.06. The molecule has 1 aliphatic heterocycles. The van der Waals surface area contributed by atoms with Crippen LogP contribution >= 0.6 is 11.8 Å². The number of aryl methyl sites for hydroxylation is 2. The highest BCUT2D eigenvalue weighted by molar-refractivity contribution is 7.98. The molecule has 27 heavy (non-hydrogen) atoms. The van der Waals surface area contributed by atoms with Gasteiger partial charge in [-0.15, -0.1) is 11.8 Å². The molecule has 1 unspecified atom stereocenters. The fourth-order valence-electron chi connectivity index (χ4n) is 4.27.